The van der Waals surface area contributed by atoms with E-state index in [-0.39, 0.29) is 0 Å². The molecule has 0 aliphatic rings. The standard InChI is InChI=1S/C9H10BrIO2/c1-12-4-5-13-9-6-7(10)2-3-8(9)11/h2-3,6H,4-5H2,1H3. The Balaban J connectivity index is 2.59. The molecule has 0 radical (unpaired) electrons. The van der Waals surface area contributed by atoms with Crippen LogP contribution < -0.4 is 4.74 Å². The van der Waals surface area contributed by atoms with E-state index in [1.165, 1.54) is 0 Å². The summed E-state index contributed by atoms with van der Waals surface area (Å²) in [6, 6.07) is 5.95. The summed E-state index contributed by atoms with van der Waals surface area (Å²) < 4.78 is 12.5. The van der Waals surface area contributed by atoms with Gasteiger partial charge in [-0.25, -0.2) is 0 Å². The molecule has 0 aromatic heterocycles. The van der Waals surface area contributed by atoms with Gasteiger partial charge in [0.1, 0.15) is 12.4 Å². The Morgan fingerprint density at radius 2 is 2.15 bits per heavy atom. The van der Waals surface area contributed by atoms with Crippen molar-refractivity contribution in [1.29, 1.82) is 0 Å². The van der Waals surface area contributed by atoms with Crippen LogP contribution in [0, 0.1) is 3.57 Å². The van der Waals surface area contributed by atoms with Gasteiger partial charge in [-0.15, -0.1) is 0 Å². The van der Waals surface area contributed by atoms with Crippen LogP contribution in [0.4, 0.5) is 0 Å². The van der Waals surface area contributed by atoms with E-state index in [0.29, 0.717) is 13.2 Å². The van der Waals surface area contributed by atoms with Crippen molar-refractivity contribution in [1.82, 2.24) is 0 Å². The van der Waals surface area contributed by atoms with E-state index in [9.17, 15) is 0 Å². The van der Waals surface area contributed by atoms with E-state index in [1.807, 2.05) is 18.2 Å². The Morgan fingerprint density at radius 3 is 2.85 bits per heavy atom. The van der Waals surface area contributed by atoms with Crippen LogP contribution >= 0.6 is 38.5 Å². The van der Waals surface area contributed by atoms with E-state index >= 15 is 0 Å². The first-order chi connectivity index (χ1) is 6.24. The third kappa shape index (κ3) is 3.83. The van der Waals surface area contributed by atoms with Gasteiger partial charge in [0.25, 0.3) is 0 Å². The number of hydrogen-bond donors (Lipinski definition) is 0. The SMILES string of the molecule is COCCOc1cc(Br)ccc1I. The summed E-state index contributed by atoms with van der Waals surface area (Å²) in [5.74, 6) is 0.895. The van der Waals surface area contributed by atoms with Crippen LogP contribution in [0.15, 0.2) is 22.7 Å². The molecule has 1 aromatic rings. The minimum atomic E-state index is 0.586. The van der Waals surface area contributed by atoms with Gasteiger partial charge >= 0.3 is 0 Å². The van der Waals surface area contributed by atoms with Gasteiger partial charge < -0.3 is 9.47 Å². The highest BCUT2D eigenvalue weighted by molar-refractivity contribution is 14.1. The van der Waals surface area contributed by atoms with E-state index in [4.69, 9.17) is 9.47 Å². The van der Waals surface area contributed by atoms with Gasteiger partial charge in [-0.1, -0.05) is 15.9 Å². The molecule has 0 heterocycles. The lowest BCUT2D eigenvalue weighted by molar-refractivity contribution is 0.146. The molecule has 1 aromatic carbocycles. The summed E-state index contributed by atoms with van der Waals surface area (Å²) in [5, 5.41) is 0. The monoisotopic (exact) mass is 356 g/mol. The zero-order chi connectivity index (χ0) is 9.68. The molecule has 0 aliphatic heterocycles. The fourth-order valence-electron chi connectivity index (χ4n) is 0.823. The highest BCUT2D eigenvalue weighted by atomic mass is 127. The third-order valence-corrected chi connectivity index (χ3v) is 2.82. The molecule has 0 unspecified atom stereocenters. The predicted molar refractivity (Wildman–Crippen MR) is 64.2 cm³/mol. The molecule has 72 valence electrons. The summed E-state index contributed by atoms with van der Waals surface area (Å²) in [6.07, 6.45) is 0. The van der Waals surface area contributed by atoms with Gasteiger partial charge in [0.05, 0.1) is 10.2 Å². The third-order valence-electron chi connectivity index (χ3n) is 1.44. The molecular weight excluding hydrogens is 347 g/mol. The van der Waals surface area contributed by atoms with E-state index in [2.05, 4.69) is 38.5 Å². The van der Waals surface area contributed by atoms with Crippen molar-refractivity contribution in [3.8, 4) is 5.75 Å². The van der Waals surface area contributed by atoms with Crippen LogP contribution in [0.5, 0.6) is 5.75 Å². The molecule has 13 heavy (non-hydrogen) atoms. The topological polar surface area (TPSA) is 18.5 Å². The summed E-state index contributed by atoms with van der Waals surface area (Å²) >= 11 is 5.63. The van der Waals surface area contributed by atoms with Crippen molar-refractivity contribution in [2.75, 3.05) is 20.3 Å². The van der Waals surface area contributed by atoms with Crippen LogP contribution in [0.25, 0.3) is 0 Å². The Bertz CT molecular complexity index is 278. The number of ether oxygens (including phenoxy) is 2. The lowest BCUT2D eigenvalue weighted by atomic mass is 10.3. The van der Waals surface area contributed by atoms with Crippen LogP contribution in [-0.2, 0) is 4.74 Å². The molecule has 1 rings (SSSR count). The van der Waals surface area contributed by atoms with Gasteiger partial charge in [-0.2, -0.15) is 0 Å². The average molecular weight is 357 g/mol. The largest absolute Gasteiger partial charge is 0.490 e. The molecular formula is C9H10BrIO2. The second kappa shape index (κ2) is 5.82. The minimum Gasteiger partial charge on any atom is -0.490 e. The van der Waals surface area contributed by atoms with Crippen molar-refractivity contribution < 1.29 is 9.47 Å². The normalized spacial score (nSPS) is 10.1. The molecule has 0 amide bonds. The van der Waals surface area contributed by atoms with Crippen LogP contribution in [-0.4, -0.2) is 20.3 Å². The van der Waals surface area contributed by atoms with Gasteiger partial charge in [-0.05, 0) is 40.8 Å². The first-order valence-electron chi connectivity index (χ1n) is 3.81. The molecule has 0 bridgehead atoms. The van der Waals surface area contributed by atoms with Gasteiger partial charge in [0, 0.05) is 11.6 Å². The molecule has 4 heteroatoms. The van der Waals surface area contributed by atoms with E-state index < -0.39 is 0 Å². The van der Waals surface area contributed by atoms with Gasteiger partial charge in [0.2, 0.25) is 0 Å². The number of hydrogen-bond acceptors (Lipinski definition) is 2. The number of benzene rings is 1. The minimum absolute atomic E-state index is 0.586. The maximum Gasteiger partial charge on any atom is 0.133 e. The Labute approximate surface area is 99.9 Å². The van der Waals surface area contributed by atoms with E-state index in [1.54, 1.807) is 7.11 Å². The molecule has 0 fully saturated rings. The molecule has 0 aliphatic carbocycles. The Morgan fingerprint density at radius 1 is 1.38 bits per heavy atom. The van der Waals surface area contributed by atoms with Crippen molar-refractivity contribution in [2.24, 2.45) is 0 Å². The predicted octanol–water partition coefficient (Wildman–Crippen LogP) is 3.08. The highest BCUT2D eigenvalue weighted by Gasteiger charge is 2.00. The Hall–Kier alpha value is 0.190. The Kier molecular flexibility index (Phi) is 5.05. The fourth-order valence-corrected chi connectivity index (χ4v) is 1.65. The fraction of sp³-hybridized carbons (Fsp3) is 0.333. The maximum atomic E-state index is 5.50. The first kappa shape index (κ1) is 11.3. The maximum absolute atomic E-state index is 5.50. The smallest absolute Gasteiger partial charge is 0.133 e. The van der Waals surface area contributed by atoms with Crippen molar-refractivity contribution >= 4 is 38.5 Å². The van der Waals surface area contributed by atoms with Crippen molar-refractivity contribution in [2.45, 2.75) is 0 Å². The van der Waals surface area contributed by atoms with Crippen LogP contribution in [0.2, 0.25) is 0 Å². The summed E-state index contributed by atoms with van der Waals surface area (Å²) in [4.78, 5) is 0. The number of methoxy groups -OCH3 is 1. The first-order valence-corrected chi connectivity index (χ1v) is 5.68. The number of halogens is 2. The van der Waals surface area contributed by atoms with Gasteiger partial charge in [0.15, 0.2) is 0 Å². The molecule has 0 saturated carbocycles. The number of rotatable bonds is 4. The second-order valence-electron chi connectivity index (χ2n) is 2.42. The summed E-state index contributed by atoms with van der Waals surface area (Å²) in [5.41, 5.74) is 0. The molecule has 0 spiro atoms. The summed E-state index contributed by atoms with van der Waals surface area (Å²) in [7, 11) is 1.66. The van der Waals surface area contributed by atoms with Crippen LogP contribution in [0.1, 0.15) is 0 Å². The molecule has 2 nitrogen and oxygen atoms in total. The highest BCUT2D eigenvalue weighted by Crippen LogP contribution is 2.24. The molecule has 0 atom stereocenters. The molecule has 0 N–H and O–H groups in total. The summed E-state index contributed by atoms with van der Waals surface area (Å²) in [6.45, 7) is 1.20. The lowest BCUT2D eigenvalue weighted by Crippen LogP contribution is -2.05. The van der Waals surface area contributed by atoms with Gasteiger partial charge in [-0.3, -0.25) is 0 Å². The van der Waals surface area contributed by atoms with Crippen LogP contribution in [0.3, 0.4) is 0 Å². The average Bonchev–Trinajstić information content (AvgIpc) is 2.11. The zero-order valence-corrected chi connectivity index (χ0v) is 11.0. The van der Waals surface area contributed by atoms with Crippen molar-refractivity contribution in [3.05, 3.63) is 26.2 Å². The quantitative estimate of drug-likeness (QED) is 0.609. The molecule has 0 saturated heterocycles. The second-order valence-corrected chi connectivity index (χ2v) is 4.49. The lowest BCUT2D eigenvalue weighted by Gasteiger charge is -2.07. The zero-order valence-electron chi connectivity index (χ0n) is 7.22. The van der Waals surface area contributed by atoms with Crippen molar-refractivity contribution in [3.63, 3.8) is 0 Å². The van der Waals surface area contributed by atoms with E-state index in [0.717, 1.165) is 13.8 Å².